The maximum Gasteiger partial charge on any atom is 0.228 e. The molecule has 136 valence electrons. The predicted octanol–water partition coefficient (Wildman–Crippen LogP) is 2.62. The van der Waals surface area contributed by atoms with E-state index < -0.39 is 0 Å². The van der Waals surface area contributed by atoms with Crippen molar-refractivity contribution in [1.29, 1.82) is 0 Å². The highest BCUT2D eigenvalue weighted by Crippen LogP contribution is 2.33. The molecule has 0 bridgehead atoms. The maximum atomic E-state index is 12.7. The lowest BCUT2D eigenvalue weighted by Crippen LogP contribution is -2.37. The fourth-order valence-corrected chi connectivity index (χ4v) is 4.24. The third-order valence-electron chi connectivity index (χ3n) is 5.97. The summed E-state index contributed by atoms with van der Waals surface area (Å²) in [6.45, 7) is 1.34. The van der Waals surface area contributed by atoms with Gasteiger partial charge in [-0.15, -0.1) is 0 Å². The molecule has 6 nitrogen and oxygen atoms in total. The summed E-state index contributed by atoms with van der Waals surface area (Å²) in [5.74, 6) is 1.72. The summed E-state index contributed by atoms with van der Waals surface area (Å²) >= 11 is 0. The molecule has 0 aromatic carbocycles. The van der Waals surface area contributed by atoms with E-state index >= 15 is 0 Å². The van der Waals surface area contributed by atoms with Gasteiger partial charge < -0.3 is 10.2 Å². The molecule has 6 heteroatoms. The van der Waals surface area contributed by atoms with Gasteiger partial charge in [-0.1, -0.05) is 19.3 Å². The van der Waals surface area contributed by atoms with Gasteiger partial charge in [0.15, 0.2) is 5.82 Å². The number of aryl methyl sites for hydroxylation is 1. The Hall–Kier alpha value is -1.85. The average Bonchev–Trinajstić information content (AvgIpc) is 3.42. The number of nitrogens with zero attached hydrogens (tertiary/aromatic N) is 3. The van der Waals surface area contributed by atoms with E-state index in [4.69, 9.17) is 0 Å². The maximum absolute atomic E-state index is 12.7. The molecule has 25 heavy (non-hydrogen) atoms. The molecular weight excluding hydrogens is 316 g/mol. The second kappa shape index (κ2) is 6.81. The molecule has 1 aromatic rings. The van der Waals surface area contributed by atoms with Crippen LogP contribution < -0.4 is 5.32 Å². The number of rotatable bonds is 4. The van der Waals surface area contributed by atoms with Crippen LogP contribution in [0.2, 0.25) is 0 Å². The quantitative estimate of drug-likeness (QED) is 0.913. The number of aromatic nitrogens is 2. The second-order valence-electron chi connectivity index (χ2n) is 7.93. The summed E-state index contributed by atoms with van der Waals surface area (Å²) in [6, 6.07) is 0. The van der Waals surface area contributed by atoms with E-state index in [9.17, 15) is 9.59 Å². The Kier molecular flexibility index (Phi) is 4.52. The Morgan fingerprint density at radius 2 is 1.92 bits per heavy atom. The molecule has 1 aromatic heterocycles. The Balaban J connectivity index is 1.43. The lowest BCUT2D eigenvalue weighted by Gasteiger charge is -2.30. The highest BCUT2D eigenvalue weighted by molar-refractivity contribution is 5.94. The van der Waals surface area contributed by atoms with Crippen LogP contribution in [0.1, 0.15) is 62.6 Å². The molecule has 2 heterocycles. The van der Waals surface area contributed by atoms with E-state index in [0.717, 1.165) is 37.1 Å². The zero-order valence-electron chi connectivity index (χ0n) is 15.1. The molecule has 2 amide bonds. The molecule has 4 rings (SSSR count). The minimum Gasteiger partial charge on any atom is -0.338 e. The van der Waals surface area contributed by atoms with E-state index in [1.807, 2.05) is 16.6 Å². The normalized spacial score (nSPS) is 21.1. The van der Waals surface area contributed by atoms with Gasteiger partial charge in [0, 0.05) is 43.6 Å². The Morgan fingerprint density at radius 1 is 1.16 bits per heavy atom. The number of amides is 2. The molecule has 0 atom stereocenters. The summed E-state index contributed by atoms with van der Waals surface area (Å²) in [4.78, 5) is 26.8. The smallest absolute Gasteiger partial charge is 0.228 e. The van der Waals surface area contributed by atoms with Gasteiger partial charge in [0.1, 0.15) is 0 Å². The highest BCUT2D eigenvalue weighted by atomic mass is 16.2. The van der Waals surface area contributed by atoms with Crippen molar-refractivity contribution < 1.29 is 9.59 Å². The molecular formula is C19H28N4O2. The van der Waals surface area contributed by atoms with Gasteiger partial charge in [0.2, 0.25) is 11.8 Å². The third kappa shape index (κ3) is 3.58. The van der Waals surface area contributed by atoms with Crippen LogP contribution in [0.25, 0.3) is 0 Å². The van der Waals surface area contributed by atoms with Crippen LogP contribution in [0.3, 0.4) is 0 Å². The molecule has 2 aliphatic carbocycles. The first-order valence-electron chi connectivity index (χ1n) is 9.75. The topological polar surface area (TPSA) is 67.2 Å². The summed E-state index contributed by atoms with van der Waals surface area (Å²) in [7, 11) is 1.92. The van der Waals surface area contributed by atoms with Crippen LogP contribution in [0.4, 0.5) is 5.82 Å². The molecule has 0 radical (unpaired) electrons. The van der Waals surface area contributed by atoms with E-state index in [1.54, 1.807) is 0 Å². The van der Waals surface area contributed by atoms with E-state index in [-0.39, 0.29) is 17.7 Å². The van der Waals surface area contributed by atoms with E-state index in [0.29, 0.717) is 24.7 Å². The van der Waals surface area contributed by atoms with E-state index in [1.165, 1.54) is 32.1 Å². The first kappa shape index (κ1) is 16.6. The lowest BCUT2D eigenvalue weighted by molar-refractivity contribution is -0.133. The van der Waals surface area contributed by atoms with Crippen molar-refractivity contribution in [2.45, 2.75) is 64.3 Å². The molecule has 1 aliphatic heterocycles. The summed E-state index contributed by atoms with van der Waals surface area (Å²) < 4.78 is 1.86. The first-order chi connectivity index (χ1) is 12.1. The summed E-state index contributed by atoms with van der Waals surface area (Å²) in [6.07, 6.45) is 9.69. The van der Waals surface area contributed by atoms with Crippen LogP contribution in [-0.2, 0) is 29.6 Å². The zero-order valence-corrected chi connectivity index (χ0v) is 15.1. The fourth-order valence-electron chi connectivity index (χ4n) is 4.24. The summed E-state index contributed by atoms with van der Waals surface area (Å²) in [5, 5.41) is 7.48. The van der Waals surface area contributed by atoms with Crippen molar-refractivity contribution in [3.05, 3.63) is 11.3 Å². The number of nitrogens with one attached hydrogen (secondary N) is 1. The second-order valence-corrected chi connectivity index (χ2v) is 7.93. The van der Waals surface area contributed by atoms with Crippen molar-refractivity contribution >= 4 is 17.6 Å². The minimum atomic E-state index is 0.0755. The van der Waals surface area contributed by atoms with Crippen molar-refractivity contribution in [1.82, 2.24) is 14.7 Å². The molecule has 2 fully saturated rings. The SMILES string of the molecule is Cn1nc(NC(=O)C2CC2)c2c1CCN(C(=O)CC1CCCCC1)C2. The van der Waals surface area contributed by atoms with Gasteiger partial charge in [-0.25, -0.2) is 0 Å². The van der Waals surface area contributed by atoms with Gasteiger partial charge in [-0.2, -0.15) is 5.10 Å². The number of fused-ring (bicyclic) bond motifs is 1. The molecule has 0 spiro atoms. The molecule has 3 aliphatic rings. The number of carbonyl (C=O) groups is 2. The number of carbonyl (C=O) groups excluding carboxylic acids is 2. The van der Waals surface area contributed by atoms with Gasteiger partial charge in [-0.3, -0.25) is 14.3 Å². The molecule has 1 N–H and O–H groups in total. The van der Waals surface area contributed by atoms with Crippen LogP contribution in [0, 0.1) is 11.8 Å². The molecule has 0 unspecified atom stereocenters. The Labute approximate surface area is 148 Å². The lowest BCUT2D eigenvalue weighted by atomic mass is 9.86. The zero-order chi connectivity index (χ0) is 17.4. The monoisotopic (exact) mass is 344 g/mol. The standard InChI is InChI=1S/C19H28N4O2/c1-22-16-9-10-23(17(24)11-13-5-3-2-4-6-13)12-15(16)18(21-22)20-19(25)14-7-8-14/h13-14H,2-12H2,1H3,(H,20,21,25). The largest absolute Gasteiger partial charge is 0.338 e. The summed E-state index contributed by atoms with van der Waals surface area (Å²) in [5.41, 5.74) is 2.17. The van der Waals surface area contributed by atoms with Crippen molar-refractivity contribution in [3.63, 3.8) is 0 Å². The Bertz CT molecular complexity index is 671. The van der Waals surface area contributed by atoms with Gasteiger partial charge in [0.25, 0.3) is 0 Å². The van der Waals surface area contributed by atoms with Crippen molar-refractivity contribution in [3.8, 4) is 0 Å². The van der Waals surface area contributed by atoms with Crippen molar-refractivity contribution in [2.75, 3.05) is 11.9 Å². The van der Waals surface area contributed by atoms with Crippen LogP contribution in [-0.4, -0.2) is 33.0 Å². The van der Waals surface area contributed by atoms with E-state index in [2.05, 4.69) is 10.4 Å². The predicted molar refractivity (Wildman–Crippen MR) is 94.9 cm³/mol. The number of hydrogen-bond donors (Lipinski definition) is 1. The average molecular weight is 344 g/mol. The molecule has 0 saturated heterocycles. The highest BCUT2D eigenvalue weighted by Gasteiger charge is 2.33. The van der Waals surface area contributed by atoms with Crippen LogP contribution in [0.15, 0.2) is 0 Å². The van der Waals surface area contributed by atoms with Crippen LogP contribution in [0.5, 0.6) is 0 Å². The Morgan fingerprint density at radius 3 is 2.64 bits per heavy atom. The van der Waals surface area contributed by atoms with Crippen molar-refractivity contribution in [2.24, 2.45) is 18.9 Å². The fraction of sp³-hybridized carbons (Fsp3) is 0.737. The van der Waals surface area contributed by atoms with Gasteiger partial charge in [0.05, 0.1) is 6.54 Å². The van der Waals surface area contributed by atoms with Gasteiger partial charge >= 0.3 is 0 Å². The number of anilines is 1. The minimum absolute atomic E-state index is 0.0755. The molecule has 2 saturated carbocycles. The number of hydrogen-bond acceptors (Lipinski definition) is 3. The first-order valence-corrected chi connectivity index (χ1v) is 9.75. The van der Waals surface area contributed by atoms with Crippen LogP contribution >= 0.6 is 0 Å². The van der Waals surface area contributed by atoms with Gasteiger partial charge in [-0.05, 0) is 31.6 Å². The third-order valence-corrected chi connectivity index (χ3v) is 5.97.